The molecule has 102 heavy (non-hydrogen) atoms. The largest absolute Gasteiger partial charge is 0.397 e. The van der Waals surface area contributed by atoms with Gasteiger partial charge in [0.1, 0.15) is 195 Å². The molecule has 48 heteroatoms. The van der Waals surface area contributed by atoms with Crippen molar-refractivity contribution in [3.8, 4) is 0 Å². The lowest BCUT2D eigenvalue weighted by molar-refractivity contribution is -0.398. The van der Waals surface area contributed by atoms with E-state index in [1.165, 1.54) is 0 Å². The molecule has 0 aliphatic carbocycles. The van der Waals surface area contributed by atoms with Crippen molar-refractivity contribution < 1.29 is 215 Å². The molecule has 40 atom stereocenters. The van der Waals surface area contributed by atoms with Gasteiger partial charge in [-0.2, -0.15) is 8.42 Å². The molecule has 0 aromatic rings. The molecule has 0 aromatic carbocycles. The monoisotopic (exact) mass is 1520 g/mol. The zero-order chi connectivity index (χ0) is 75.4. The second kappa shape index (κ2) is 36.3. The molecule has 8 aliphatic heterocycles. The molecule has 8 aliphatic rings. The number of rotatable bonds is 27. The van der Waals surface area contributed by atoms with Crippen molar-refractivity contribution in [1.82, 2.24) is 16.0 Å². The van der Waals surface area contributed by atoms with Crippen molar-refractivity contribution in [1.29, 1.82) is 0 Å². The van der Waals surface area contributed by atoms with Crippen LogP contribution in [0.5, 0.6) is 0 Å². The molecule has 26 N–H and O–H groups in total. The van der Waals surface area contributed by atoms with E-state index in [0.29, 0.717) is 0 Å². The molecule has 8 fully saturated rings. The maximum Gasteiger partial charge on any atom is 0.397 e. The molecule has 0 radical (unpaired) electrons. The summed E-state index contributed by atoms with van der Waals surface area (Å²) in [4.78, 5) is 37.9. The van der Waals surface area contributed by atoms with Crippen LogP contribution < -0.4 is 16.0 Å². The maximum atomic E-state index is 12.9. The number of carbonyl (C=O) groups is 3. The standard InChI is InChI=1S/C54H91N3O44S/c1-12(64)55-23-31(72)41(19(8-62)88-47(23)82)96-48-24(56-13(2)65)32(73)42(20(9-63)93-48)97-53-40(81)45(30(71)21(94-53)10-86-50-39(80)44(29(70)18(7-61)89-50)99-52-38(79)35(76)27(68)16(5-59)91-52)100-54-46(36(77)28(69)17(6-60)92-54)101-49-25(57-14(3)66)33(74)43(22(95-49)11-87-102(83,84)85)98-51-37(78)34(75)26(67)15(4-58)90-51/h15-54,58-63,67-82H,4-11H2,1-3H3,(H,55,64)(H,56,65)(H,57,66)(H,83,84,85)/t15-,16-,17-,18-,19-,20-,21-,22-,23-,24-,25-,26+,27-,28-,29-,30-,31-,32-,33-,34+,35+,36+,37-,38+,39+,40+,41-,42-,43-,44+,45+,46+,47-,48+,49+,50+,51+,52-,53+,54-/m1/s1. The minimum Gasteiger partial charge on any atom is -0.394 e. The Morgan fingerprint density at radius 1 is 0.304 bits per heavy atom. The molecule has 0 saturated carbocycles. The van der Waals surface area contributed by atoms with Crippen LogP contribution >= 0.6 is 0 Å². The van der Waals surface area contributed by atoms with Gasteiger partial charge in [-0.3, -0.25) is 18.9 Å². The van der Waals surface area contributed by atoms with Crippen molar-refractivity contribution >= 4 is 28.1 Å². The molecule has 8 heterocycles. The normalized spacial score (nSPS) is 48.2. The molecule has 8 saturated heterocycles. The highest BCUT2D eigenvalue weighted by atomic mass is 32.3. The number of ether oxygens (including phenoxy) is 15. The number of carbonyl (C=O) groups excluding carboxylic acids is 3. The van der Waals surface area contributed by atoms with Gasteiger partial charge >= 0.3 is 10.4 Å². The van der Waals surface area contributed by atoms with E-state index in [1.807, 2.05) is 0 Å². The van der Waals surface area contributed by atoms with Crippen molar-refractivity contribution in [3.05, 3.63) is 0 Å². The van der Waals surface area contributed by atoms with Gasteiger partial charge in [-0.15, -0.1) is 0 Å². The van der Waals surface area contributed by atoms with Crippen molar-refractivity contribution in [2.45, 2.75) is 266 Å². The Hall–Kier alpha value is -3.20. The zero-order valence-corrected chi connectivity index (χ0v) is 54.8. The Labute approximate surface area is 576 Å². The summed E-state index contributed by atoms with van der Waals surface area (Å²) in [6, 6.07) is -5.63. The van der Waals surface area contributed by atoms with Gasteiger partial charge in [0.05, 0.1) is 52.9 Å². The summed E-state index contributed by atoms with van der Waals surface area (Å²) in [5.74, 6) is -2.75. The van der Waals surface area contributed by atoms with Gasteiger partial charge in [0.15, 0.2) is 50.3 Å². The molecule has 3 amide bonds. The Balaban J connectivity index is 1.14. The number of aliphatic hydroxyl groups is 22. The van der Waals surface area contributed by atoms with Crippen LogP contribution in [0.15, 0.2) is 0 Å². The van der Waals surface area contributed by atoms with Crippen LogP contribution in [-0.4, -0.2) is 441 Å². The van der Waals surface area contributed by atoms with Gasteiger partial charge in [0.2, 0.25) is 17.7 Å². The minimum absolute atomic E-state index is 0.784. The first-order chi connectivity index (χ1) is 48.0. The number of aliphatic hydroxyl groups excluding tert-OH is 22. The van der Waals surface area contributed by atoms with E-state index in [9.17, 15) is 140 Å². The first kappa shape index (κ1) is 84.4. The number of amides is 3. The highest BCUT2D eigenvalue weighted by Gasteiger charge is 2.60. The quantitative estimate of drug-likeness (QED) is 0.0340. The second-order valence-electron chi connectivity index (χ2n) is 25.1. The number of nitrogens with one attached hydrogen (secondary N) is 3. The summed E-state index contributed by atoms with van der Waals surface area (Å²) in [5.41, 5.74) is 0. The van der Waals surface area contributed by atoms with Crippen LogP contribution in [0, 0.1) is 0 Å². The Bertz CT molecular complexity index is 2780. The molecule has 0 spiro atoms. The summed E-state index contributed by atoms with van der Waals surface area (Å²) >= 11 is 0. The summed E-state index contributed by atoms with van der Waals surface area (Å²) in [6.45, 7) is -6.17. The predicted octanol–water partition coefficient (Wildman–Crippen LogP) is -18.2. The topological polar surface area (TPSA) is 734 Å². The molecule has 0 unspecified atom stereocenters. The van der Waals surface area contributed by atoms with Gasteiger partial charge in [0, 0.05) is 20.8 Å². The first-order valence-corrected chi connectivity index (χ1v) is 33.2. The van der Waals surface area contributed by atoms with Crippen molar-refractivity contribution in [3.63, 3.8) is 0 Å². The van der Waals surface area contributed by atoms with E-state index in [2.05, 4.69) is 20.1 Å². The predicted molar refractivity (Wildman–Crippen MR) is 310 cm³/mol. The molecular formula is C54H91N3O44S. The van der Waals surface area contributed by atoms with E-state index in [1.54, 1.807) is 0 Å². The van der Waals surface area contributed by atoms with Crippen molar-refractivity contribution in [2.24, 2.45) is 0 Å². The summed E-state index contributed by atoms with van der Waals surface area (Å²) in [5, 5.41) is 249. The summed E-state index contributed by atoms with van der Waals surface area (Å²) in [6.07, 6.45) is -78.4. The lowest BCUT2D eigenvalue weighted by atomic mass is 9.93. The number of hydrogen-bond donors (Lipinski definition) is 26. The van der Waals surface area contributed by atoms with E-state index in [-0.39, 0.29) is 0 Å². The fraction of sp³-hybridized carbons (Fsp3) is 0.944. The molecular weight excluding hydrogens is 1430 g/mol. The third kappa shape index (κ3) is 19.1. The van der Waals surface area contributed by atoms with Crippen LogP contribution in [0.1, 0.15) is 20.8 Å². The highest BCUT2D eigenvalue weighted by molar-refractivity contribution is 7.80. The molecule has 0 bridgehead atoms. The Morgan fingerprint density at radius 2 is 0.618 bits per heavy atom. The maximum absolute atomic E-state index is 12.9. The van der Waals surface area contributed by atoms with E-state index in [0.717, 1.165) is 20.8 Å². The lowest BCUT2D eigenvalue weighted by Gasteiger charge is -2.51. The Kier molecular flexibility index (Phi) is 30.1. The zero-order valence-electron chi connectivity index (χ0n) is 54.0. The van der Waals surface area contributed by atoms with Crippen molar-refractivity contribution in [2.75, 3.05) is 52.9 Å². The van der Waals surface area contributed by atoms with Crippen LogP contribution in [-0.2, 0) is 100 Å². The molecule has 47 nitrogen and oxygen atoms in total. The fourth-order valence-electron chi connectivity index (χ4n) is 12.7. The van der Waals surface area contributed by atoms with Gasteiger partial charge in [-0.25, -0.2) is 4.18 Å². The SMILES string of the molecule is CC(=O)N[C@@H]1[C@@H](O)[C@H](O[C@@H]2O[C@H](CO)[C@@H](O[C@@H]3O[C@H](CO[C@H]4O[C@H](CO)[C@@H](O)[C@H](O[C@H]5O[C@H](CO)[C@@H](O)[C@H](O)[C@@H]5O)[C@@H]4O)[C@@H](O)[C@H](O[C@H]4O[C@H](CO)[C@@H](O)[C@H](O)[C@@H]4O[C@@H]4O[C@H](COS(=O)(=O)O)[C@@H](O[C@@H]5O[C@H](CO)[C@H](O)[C@H](O)[C@H]5O)[C@H](O)[C@H]4NC(C)=O)[C@@H]3O)[C@H](O)[C@H]2NC(C)=O)[C@@H](CO)O[C@H]1O. The first-order valence-electron chi connectivity index (χ1n) is 31.8. The molecule has 0 aromatic heterocycles. The van der Waals surface area contributed by atoms with E-state index < -0.39 is 326 Å². The smallest absolute Gasteiger partial charge is 0.394 e. The number of hydrogen-bond acceptors (Lipinski definition) is 43. The summed E-state index contributed by atoms with van der Waals surface area (Å²) < 4.78 is 125. The lowest BCUT2D eigenvalue weighted by Crippen LogP contribution is -2.71. The Morgan fingerprint density at radius 3 is 1.08 bits per heavy atom. The van der Waals surface area contributed by atoms with E-state index >= 15 is 0 Å². The summed E-state index contributed by atoms with van der Waals surface area (Å²) in [7, 11) is -5.46. The average molecular weight is 1520 g/mol. The van der Waals surface area contributed by atoms with Gasteiger partial charge in [0.25, 0.3) is 0 Å². The average Bonchev–Trinajstić information content (AvgIpc) is 0.771. The van der Waals surface area contributed by atoms with Crippen LogP contribution in [0.3, 0.4) is 0 Å². The minimum atomic E-state index is -5.46. The third-order valence-electron chi connectivity index (χ3n) is 18.0. The third-order valence-corrected chi connectivity index (χ3v) is 18.5. The molecule has 592 valence electrons. The van der Waals surface area contributed by atoms with E-state index in [4.69, 9.17) is 71.1 Å². The fourth-order valence-corrected chi connectivity index (χ4v) is 13.0. The highest BCUT2D eigenvalue weighted by Crippen LogP contribution is 2.39. The second-order valence-corrected chi connectivity index (χ2v) is 26.2. The van der Waals surface area contributed by atoms with Crippen LogP contribution in [0.25, 0.3) is 0 Å². The van der Waals surface area contributed by atoms with Gasteiger partial charge in [-0.05, 0) is 0 Å². The van der Waals surface area contributed by atoms with Crippen LogP contribution in [0.4, 0.5) is 0 Å². The van der Waals surface area contributed by atoms with Crippen LogP contribution in [0.2, 0.25) is 0 Å². The molecule has 8 rings (SSSR count). The van der Waals surface area contributed by atoms with Gasteiger partial charge < -0.3 is 199 Å². The van der Waals surface area contributed by atoms with Gasteiger partial charge in [-0.1, -0.05) is 0 Å².